The molecule has 2 N–H and O–H groups in total. The van der Waals surface area contributed by atoms with E-state index in [0.717, 1.165) is 18.1 Å². The number of aryl methyl sites for hydroxylation is 1. The summed E-state index contributed by atoms with van der Waals surface area (Å²) in [6, 6.07) is 0.593. The summed E-state index contributed by atoms with van der Waals surface area (Å²) < 4.78 is 2.31. The SMILES string of the molecule is Cc1nnc(C(N)CC(C)C)n1C1CCCCC1. The van der Waals surface area contributed by atoms with Crippen LogP contribution in [0.5, 0.6) is 0 Å². The van der Waals surface area contributed by atoms with Crippen LogP contribution in [0.1, 0.15) is 76.1 Å². The summed E-state index contributed by atoms with van der Waals surface area (Å²) in [4.78, 5) is 0. The van der Waals surface area contributed by atoms with Crippen LogP contribution in [0.25, 0.3) is 0 Å². The van der Waals surface area contributed by atoms with Crippen molar-refractivity contribution >= 4 is 0 Å². The minimum Gasteiger partial charge on any atom is -0.321 e. The van der Waals surface area contributed by atoms with Gasteiger partial charge in [0.15, 0.2) is 0 Å². The molecule has 0 aliphatic heterocycles. The molecule has 0 spiro atoms. The van der Waals surface area contributed by atoms with Crippen LogP contribution in [-0.4, -0.2) is 14.8 Å². The van der Waals surface area contributed by atoms with E-state index in [2.05, 4.69) is 28.6 Å². The van der Waals surface area contributed by atoms with Crippen LogP contribution < -0.4 is 5.73 Å². The molecule has 0 radical (unpaired) electrons. The third-order valence-electron chi connectivity index (χ3n) is 3.89. The number of hydrogen-bond acceptors (Lipinski definition) is 3. The number of nitrogens with two attached hydrogens (primary N) is 1. The first kappa shape index (κ1) is 13.5. The van der Waals surface area contributed by atoms with Crippen molar-refractivity contribution in [1.82, 2.24) is 14.8 Å². The van der Waals surface area contributed by atoms with E-state index in [4.69, 9.17) is 5.73 Å². The summed E-state index contributed by atoms with van der Waals surface area (Å²) in [6.45, 7) is 6.45. The van der Waals surface area contributed by atoms with Crippen molar-refractivity contribution in [2.45, 2.75) is 71.4 Å². The Labute approximate surface area is 110 Å². The van der Waals surface area contributed by atoms with Crippen molar-refractivity contribution < 1.29 is 0 Å². The summed E-state index contributed by atoms with van der Waals surface area (Å²) in [5, 5.41) is 8.58. The Bertz CT molecular complexity index is 377. The molecule has 1 aliphatic carbocycles. The molecule has 0 aromatic carbocycles. The zero-order valence-electron chi connectivity index (χ0n) is 11.9. The summed E-state index contributed by atoms with van der Waals surface area (Å²) in [5.41, 5.74) is 6.29. The van der Waals surface area contributed by atoms with E-state index in [-0.39, 0.29) is 6.04 Å². The molecule has 0 amide bonds. The van der Waals surface area contributed by atoms with E-state index in [9.17, 15) is 0 Å². The minimum atomic E-state index is 0.0214. The molecule has 1 fully saturated rings. The van der Waals surface area contributed by atoms with Gasteiger partial charge in [0.1, 0.15) is 11.6 Å². The molecule has 1 unspecified atom stereocenters. The second-order valence-corrected chi connectivity index (χ2v) is 6.00. The maximum atomic E-state index is 6.29. The molecule has 102 valence electrons. The maximum Gasteiger partial charge on any atom is 0.150 e. The fraction of sp³-hybridized carbons (Fsp3) is 0.857. The standard InChI is InChI=1S/C14H26N4/c1-10(2)9-13(15)14-17-16-11(3)18(14)12-7-5-4-6-8-12/h10,12-13H,4-9,15H2,1-3H3. The van der Waals surface area contributed by atoms with Crippen LogP contribution in [0.15, 0.2) is 0 Å². The average Bonchev–Trinajstić information content (AvgIpc) is 2.71. The number of nitrogens with zero attached hydrogens (tertiary/aromatic N) is 3. The molecule has 1 aromatic heterocycles. The fourth-order valence-corrected chi connectivity index (χ4v) is 3.04. The Kier molecular flexibility index (Phi) is 4.38. The first-order valence-corrected chi connectivity index (χ1v) is 7.26. The molecule has 0 saturated heterocycles. The molecule has 1 aliphatic rings. The fourth-order valence-electron chi connectivity index (χ4n) is 3.04. The van der Waals surface area contributed by atoms with Gasteiger partial charge in [-0.25, -0.2) is 0 Å². The zero-order valence-corrected chi connectivity index (χ0v) is 11.9. The molecule has 1 saturated carbocycles. The van der Waals surface area contributed by atoms with E-state index in [1.807, 2.05) is 6.92 Å². The first-order chi connectivity index (χ1) is 8.59. The highest BCUT2D eigenvalue weighted by Crippen LogP contribution is 2.31. The quantitative estimate of drug-likeness (QED) is 0.893. The summed E-state index contributed by atoms with van der Waals surface area (Å²) in [7, 11) is 0. The van der Waals surface area contributed by atoms with E-state index in [1.165, 1.54) is 32.1 Å². The van der Waals surface area contributed by atoms with Crippen molar-refractivity contribution in [3.05, 3.63) is 11.6 Å². The van der Waals surface area contributed by atoms with Gasteiger partial charge in [-0.05, 0) is 32.1 Å². The van der Waals surface area contributed by atoms with Gasteiger partial charge in [-0.2, -0.15) is 0 Å². The Morgan fingerprint density at radius 3 is 2.50 bits per heavy atom. The van der Waals surface area contributed by atoms with Crippen LogP contribution in [0.4, 0.5) is 0 Å². The molecule has 4 heteroatoms. The van der Waals surface area contributed by atoms with Crippen LogP contribution in [0.3, 0.4) is 0 Å². The monoisotopic (exact) mass is 250 g/mol. The molecule has 2 rings (SSSR count). The van der Waals surface area contributed by atoms with Crippen molar-refractivity contribution in [3.63, 3.8) is 0 Å². The average molecular weight is 250 g/mol. The highest BCUT2D eigenvalue weighted by atomic mass is 15.3. The lowest BCUT2D eigenvalue weighted by Gasteiger charge is -2.27. The van der Waals surface area contributed by atoms with Crippen molar-refractivity contribution in [1.29, 1.82) is 0 Å². The second kappa shape index (κ2) is 5.83. The zero-order chi connectivity index (χ0) is 13.1. The van der Waals surface area contributed by atoms with E-state index < -0.39 is 0 Å². The lowest BCUT2D eigenvalue weighted by Crippen LogP contribution is -2.23. The number of hydrogen-bond donors (Lipinski definition) is 1. The first-order valence-electron chi connectivity index (χ1n) is 7.26. The predicted octanol–water partition coefficient (Wildman–Crippen LogP) is 3.14. The molecule has 1 atom stereocenters. The Balaban J connectivity index is 2.20. The van der Waals surface area contributed by atoms with Crippen LogP contribution in [0.2, 0.25) is 0 Å². The molecular formula is C14H26N4. The lowest BCUT2D eigenvalue weighted by molar-refractivity contribution is 0.331. The van der Waals surface area contributed by atoms with Crippen molar-refractivity contribution in [2.24, 2.45) is 11.7 Å². The van der Waals surface area contributed by atoms with E-state index in [0.29, 0.717) is 12.0 Å². The minimum absolute atomic E-state index is 0.0214. The Morgan fingerprint density at radius 1 is 1.22 bits per heavy atom. The highest BCUT2D eigenvalue weighted by molar-refractivity contribution is 5.02. The van der Waals surface area contributed by atoms with E-state index in [1.54, 1.807) is 0 Å². The second-order valence-electron chi connectivity index (χ2n) is 6.00. The Morgan fingerprint density at radius 2 is 1.89 bits per heavy atom. The molecule has 1 heterocycles. The maximum absolute atomic E-state index is 6.29. The number of aromatic nitrogens is 3. The van der Waals surface area contributed by atoms with Crippen molar-refractivity contribution in [3.8, 4) is 0 Å². The molecule has 4 nitrogen and oxygen atoms in total. The van der Waals surface area contributed by atoms with Gasteiger partial charge >= 0.3 is 0 Å². The van der Waals surface area contributed by atoms with Crippen LogP contribution in [-0.2, 0) is 0 Å². The Hall–Kier alpha value is -0.900. The van der Waals surface area contributed by atoms with E-state index >= 15 is 0 Å². The van der Waals surface area contributed by atoms with Gasteiger partial charge < -0.3 is 10.3 Å². The van der Waals surface area contributed by atoms with Gasteiger partial charge in [0, 0.05) is 6.04 Å². The summed E-state index contributed by atoms with van der Waals surface area (Å²) >= 11 is 0. The van der Waals surface area contributed by atoms with Crippen molar-refractivity contribution in [2.75, 3.05) is 0 Å². The van der Waals surface area contributed by atoms with Gasteiger partial charge in [0.2, 0.25) is 0 Å². The summed E-state index contributed by atoms with van der Waals surface area (Å²) in [5.74, 6) is 2.61. The third kappa shape index (κ3) is 2.91. The van der Waals surface area contributed by atoms with Gasteiger partial charge in [-0.1, -0.05) is 33.1 Å². The van der Waals surface area contributed by atoms with Gasteiger partial charge in [-0.3, -0.25) is 0 Å². The lowest BCUT2D eigenvalue weighted by atomic mass is 9.94. The normalized spacial score (nSPS) is 19.4. The number of rotatable bonds is 4. The van der Waals surface area contributed by atoms with Gasteiger partial charge in [-0.15, -0.1) is 10.2 Å². The topological polar surface area (TPSA) is 56.7 Å². The molecule has 18 heavy (non-hydrogen) atoms. The predicted molar refractivity (Wildman–Crippen MR) is 73.3 cm³/mol. The van der Waals surface area contributed by atoms with Crippen LogP contribution in [0, 0.1) is 12.8 Å². The van der Waals surface area contributed by atoms with Gasteiger partial charge in [0.05, 0.1) is 6.04 Å². The largest absolute Gasteiger partial charge is 0.321 e. The molecule has 1 aromatic rings. The smallest absolute Gasteiger partial charge is 0.150 e. The van der Waals surface area contributed by atoms with Gasteiger partial charge in [0.25, 0.3) is 0 Å². The highest BCUT2D eigenvalue weighted by Gasteiger charge is 2.24. The summed E-state index contributed by atoms with van der Waals surface area (Å²) in [6.07, 6.45) is 7.48. The van der Waals surface area contributed by atoms with Crippen LogP contribution >= 0.6 is 0 Å². The molecular weight excluding hydrogens is 224 g/mol. The third-order valence-corrected chi connectivity index (χ3v) is 3.89. The molecule has 0 bridgehead atoms.